The van der Waals surface area contributed by atoms with Crippen LogP contribution in [0.4, 0.5) is 0 Å². The molecule has 1 saturated carbocycles. The van der Waals surface area contributed by atoms with Gasteiger partial charge in [0.1, 0.15) is 6.54 Å². The maximum Gasteiger partial charge on any atom is 0.332 e. The van der Waals surface area contributed by atoms with Crippen LogP contribution in [0.3, 0.4) is 0 Å². The molecule has 0 saturated heterocycles. The number of amides is 1. The third kappa shape index (κ3) is 3.15. The molecule has 1 atom stereocenters. The Labute approximate surface area is 161 Å². The number of rotatable bonds is 5. The summed E-state index contributed by atoms with van der Waals surface area (Å²) in [6.07, 6.45) is 3.60. The van der Waals surface area contributed by atoms with E-state index in [0.717, 1.165) is 28.5 Å². The van der Waals surface area contributed by atoms with Gasteiger partial charge in [-0.05, 0) is 31.2 Å². The van der Waals surface area contributed by atoms with Gasteiger partial charge in [0.15, 0.2) is 11.2 Å². The highest BCUT2D eigenvalue weighted by Crippen LogP contribution is 2.41. The smallest absolute Gasteiger partial charge is 0.332 e. The molecule has 1 aromatic carbocycles. The lowest BCUT2D eigenvalue weighted by atomic mass is 10.0. The Kier molecular flexibility index (Phi) is 4.41. The Morgan fingerprint density at radius 3 is 2.54 bits per heavy atom. The molecule has 1 N–H and O–H groups in total. The molecule has 8 nitrogen and oxygen atoms in total. The number of imidazole rings is 1. The van der Waals surface area contributed by atoms with Crippen molar-refractivity contribution in [3.05, 3.63) is 62.6 Å². The molecule has 1 aliphatic rings. The summed E-state index contributed by atoms with van der Waals surface area (Å²) < 4.78 is 3.83. The molecule has 2 heterocycles. The predicted octanol–water partition coefficient (Wildman–Crippen LogP) is 1.01. The average Bonchev–Trinajstić information content (AvgIpc) is 3.44. The number of benzene rings is 1. The van der Waals surface area contributed by atoms with Crippen molar-refractivity contribution in [1.29, 1.82) is 0 Å². The number of fused-ring (bicyclic) bond motifs is 1. The van der Waals surface area contributed by atoms with Gasteiger partial charge in [0.25, 0.3) is 5.56 Å². The van der Waals surface area contributed by atoms with Crippen molar-refractivity contribution in [3.63, 3.8) is 0 Å². The first-order valence-corrected chi connectivity index (χ1v) is 9.33. The standard InChI is InChI=1S/C20H23N5O3/c1-12-4-6-13(7-5-12)16(14-8-9-14)22-15(26)10-25-19(27)17-18(21-11-23(17)2)24(3)20(25)28/h4-7,11,14,16H,8-10H2,1-3H3,(H,22,26). The average molecular weight is 381 g/mol. The van der Waals surface area contributed by atoms with E-state index >= 15 is 0 Å². The second-order valence-electron chi connectivity index (χ2n) is 7.55. The molecule has 4 rings (SSSR count). The molecule has 1 unspecified atom stereocenters. The number of nitrogens with zero attached hydrogens (tertiary/aromatic N) is 4. The SMILES string of the molecule is Cc1ccc(C(NC(=O)Cn2c(=O)c3c(ncn3C)n(C)c2=O)C2CC2)cc1. The molecule has 0 bridgehead atoms. The van der Waals surface area contributed by atoms with Crippen LogP contribution in [0.2, 0.25) is 0 Å². The summed E-state index contributed by atoms with van der Waals surface area (Å²) in [5.41, 5.74) is 1.75. The van der Waals surface area contributed by atoms with E-state index in [2.05, 4.69) is 10.3 Å². The van der Waals surface area contributed by atoms with E-state index in [4.69, 9.17) is 0 Å². The van der Waals surface area contributed by atoms with Gasteiger partial charge in [-0.1, -0.05) is 29.8 Å². The molecule has 8 heteroatoms. The lowest BCUT2D eigenvalue weighted by Crippen LogP contribution is -2.44. The van der Waals surface area contributed by atoms with Crippen molar-refractivity contribution in [2.75, 3.05) is 0 Å². The van der Waals surface area contributed by atoms with Crippen LogP contribution in [0.5, 0.6) is 0 Å². The number of aromatic nitrogens is 4. The second kappa shape index (κ2) is 6.78. The van der Waals surface area contributed by atoms with E-state index in [1.54, 1.807) is 18.7 Å². The van der Waals surface area contributed by atoms with Crippen LogP contribution in [0.1, 0.15) is 30.0 Å². The fourth-order valence-electron chi connectivity index (χ4n) is 3.58. The molecule has 146 valence electrons. The fourth-order valence-corrected chi connectivity index (χ4v) is 3.58. The predicted molar refractivity (Wildman–Crippen MR) is 105 cm³/mol. The van der Waals surface area contributed by atoms with Crippen molar-refractivity contribution < 1.29 is 4.79 Å². The summed E-state index contributed by atoms with van der Waals surface area (Å²) >= 11 is 0. The van der Waals surface area contributed by atoms with Crippen LogP contribution < -0.4 is 16.6 Å². The third-order valence-corrected chi connectivity index (χ3v) is 5.35. The zero-order valence-corrected chi connectivity index (χ0v) is 16.2. The molecule has 0 spiro atoms. The number of carbonyl (C=O) groups excluding carboxylic acids is 1. The monoisotopic (exact) mass is 381 g/mol. The summed E-state index contributed by atoms with van der Waals surface area (Å²) in [7, 11) is 3.23. The van der Waals surface area contributed by atoms with Gasteiger partial charge in [-0.25, -0.2) is 14.3 Å². The van der Waals surface area contributed by atoms with Crippen molar-refractivity contribution in [3.8, 4) is 0 Å². The second-order valence-corrected chi connectivity index (χ2v) is 7.55. The van der Waals surface area contributed by atoms with Gasteiger partial charge in [0.05, 0.1) is 12.4 Å². The van der Waals surface area contributed by atoms with Crippen LogP contribution in [-0.2, 0) is 25.4 Å². The number of hydrogen-bond acceptors (Lipinski definition) is 4. The third-order valence-electron chi connectivity index (χ3n) is 5.35. The molecular weight excluding hydrogens is 358 g/mol. The highest BCUT2D eigenvalue weighted by molar-refractivity contribution is 5.77. The van der Waals surface area contributed by atoms with E-state index in [9.17, 15) is 14.4 Å². The lowest BCUT2D eigenvalue weighted by molar-refractivity contribution is -0.122. The van der Waals surface area contributed by atoms with Crippen molar-refractivity contribution >= 4 is 17.1 Å². The maximum atomic E-state index is 12.8. The molecule has 0 radical (unpaired) electrons. The van der Waals surface area contributed by atoms with E-state index in [0.29, 0.717) is 17.1 Å². The minimum Gasteiger partial charge on any atom is -0.347 e. The molecule has 1 fully saturated rings. The van der Waals surface area contributed by atoms with E-state index in [-0.39, 0.29) is 18.5 Å². The molecule has 3 aromatic rings. The van der Waals surface area contributed by atoms with Gasteiger partial charge >= 0.3 is 5.69 Å². The number of nitrogens with one attached hydrogen (secondary N) is 1. The minimum absolute atomic E-state index is 0.104. The normalized spacial score (nSPS) is 15.0. The minimum atomic E-state index is -0.551. The van der Waals surface area contributed by atoms with Crippen LogP contribution in [-0.4, -0.2) is 24.6 Å². The Balaban J connectivity index is 1.63. The molecule has 0 aliphatic heterocycles. The van der Waals surface area contributed by atoms with Crippen LogP contribution in [0.15, 0.2) is 40.2 Å². The summed E-state index contributed by atoms with van der Waals surface area (Å²) in [5.74, 6) is 0.0453. The number of hydrogen-bond donors (Lipinski definition) is 1. The van der Waals surface area contributed by atoms with E-state index in [1.165, 1.54) is 10.9 Å². The molecule has 2 aromatic heterocycles. The Hall–Kier alpha value is -3.16. The van der Waals surface area contributed by atoms with E-state index in [1.807, 2.05) is 31.2 Å². The first kappa shape index (κ1) is 18.2. The van der Waals surface area contributed by atoms with Crippen molar-refractivity contribution in [2.45, 2.75) is 32.4 Å². The van der Waals surface area contributed by atoms with Gasteiger partial charge in [-0.2, -0.15) is 0 Å². The maximum absolute atomic E-state index is 12.8. The Morgan fingerprint density at radius 2 is 1.89 bits per heavy atom. The van der Waals surface area contributed by atoms with Crippen molar-refractivity contribution in [1.82, 2.24) is 24.0 Å². The first-order chi connectivity index (χ1) is 13.4. The summed E-state index contributed by atoms with van der Waals surface area (Å²) in [6, 6.07) is 7.98. The number of aryl methyl sites for hydroxylation is 3. The molecule has 1 aliphatic carbocycles. The van der Waals surface area contributed by atoms with Crippen LogP contribution >= 0.6 is 0 Å². The lowest BCUT2D eigenvalue weighted by Gasteiger charge is -2.19. The zero-order chi connectivity index (χ0) is 20.0. The summed E-state index contributed by atoms with van der Waals surface area (Å²) in [6.45, 7) is 1.70. The van der Waals surface area contributed by atoms with Crippen LogP contribution in [0.25, 0.3) is 11.2 Å². The molecule has 28 heavy (non-hydrogen) atoms. The summed E-state index contributed by atoms with van der Waals surface area (Å²) in [4.78, 5) is 42.2. The zero-order valence-electron chi connectivity index (χ0n) is 16.2. The first-order valence-electron chi connectivity index (χ1n) is 9.33. The summed E-state index contributed by atoms with van der Waals surface area (Å²) in [5, 5.41) is 3.02. The van der Waals surface area contributed by atoms with Gasteiger partial charge in [0.2, 0.25) is 5.91 Å². The topological polar surface area (TPSA) is 90.9 Å². The van der Waals surface area contributed by atoms with Gasteiger partial charge in [-0.3, -0.25) is 14.2 Å². The quantitative estimate of drug-likeness (QED) is 0.714. The van der Waals surface area contributed by atoms with E-state index < -0.39 is 11.2 Å². The Bertz CT molecular complexity index is 1170. The van der Waals surface area contributed by atoms with Crippen molar-refractivity contribution in [2.24, 2.45) is 20.0 Å². The molecule has 1 amide bonds. The number of carbonyl (C=O) groups is 1. The van der Waals surface area contributed by atoms with Gasteiger partial charge in [-0.15, -0.1) is 0 Å². The fraction of sp³-hybridized carbons (Fsp3) is 0.400. The Morgan fingerprint density at radius 1 is 1.21 bits per heavy atom. The highest BCUT2D eigenvalue weighted by atomic mass is 16.2. The van der Waals surface area contributed by atoms with Crippen LogP contribution in [0, 0.1) is 12.8 Å². The molecular formula is C20H23N5O3. The highest BCUT2D eigenvalue weighted by Gasteiger charge is 2.33. The van der Waals surface area contributed by atoms with Gasteiger partial charge < -0.3 is 9.88 Å². The largest absolute Gasteiger partial charge is 0.347 e. The van der Waals surface area contributed by atoms with Gasteiger partial charge in [0, 0.05) is 14.1 Å².